The molecule has 0 aromatic rings. The molecule has 2 rings (SSSR count). The first-order valence-corrected chi connectivity index (χ1v) is 3.06. The first kappa shape index (κ1) is 3.90. The fraction of sp³-hybridized carbons (Fsp3) is 0.833. The van der Waals surface area contributed by atoms with Gasteiger partial charge in [-0.15, -0.1) is 0 Å². The lowest BCUT2D eigenvalue weighted by Crippen LogP contribution is -2.35. The Morgan fingerprint density at radius 1 is 1.14 bits per heavy atom. The van der Waals surface area contributed by atoms with Crippen molar-refractivity contribution in [1.82, 2.24) is 4.90 Å². The Labute approximate surface area is 44.3 Å². The van der Waals surface area contributed by atoms with Gasteiger partial charge in [0.25, 0.3) is 0 Å². The Balaban J connectivity index is 1.83. The van der Waals surface area contributed by atoms with Crippen LogP contribution in [-0.2, 0) is 0 Å². The fourth-order valence-electron chi connectivity index (χ4n) is 1.00. The van der Waals surface area contributed by atoms with Crippen molar-refractivity contribution in [2.75, 3.05) is 13.1 Å². The lowest BCUT2D eigenvalue weighted by atomic mass is 10.2. The van der Waals surface area contributed by atoms with Gasteiger partial charge in [0, 0.05) is 6.04 Å². The summed E-state index contributed by atoms with van der Waals surface area (Å²) < 4.78 is 0. The predicted octanol–water partition coefficient (Wildman–Crippen LogP) is 1.02. The third-order valence-corrected chi connectivity index (χ3v) is 1.78. The molecule has 1 heteroatoms. The lowest BCUT2D eigenvalue weighted by molar-refractivity contribution is 0.220. The Morgan fingerprint density at radius 2 is 1.86 bits per heavy atom. The number of rotatable bonds is 1. The highest BCUT2D eigenvalue weighted by atomic mass is 15.2. The molecule has 0 N–H and O–H groups in total. The van der Waals surface area contributed by atoms with Gasteiger partial charge in [-0.05, 0) is 32.4 Å². The molecule has 1 nitrogen and oxygen atoms in total. The molecular weight excluding hydrogens is 86.1 g/mol. The molecule has 1 saturated heterocycles. The van der Waals surface area contributed by atoms with Crippen molar-refractivity contribution in [3.05, 3.63) is 6.04 Å². The van der Waals surface area contributed by atoms with Crippen LogP contribution in [0.3, 0.4) is 0 Å². The van der Waals surface area contributed by atoms with Gasteiger partial charge < -0.3 is 0 Å². The molecule has 1 aliphatic heterocycles. The first-order chi connectivity index (χ1) is 3.47. The molecule has 1 radical (unpaired) electrons. The number of hydrogen-bond donors (Lipinski definition) is 0. The van der Waals surface area contributed by atoms with E-state index in [2.05, 4.69) is 4.90 Å². The molecule has 2 aliphatic rings. The second kappa shape index (κ2) is 1.22. The van der Waals surface area contributed by atoms with Crippen LogP contribution in [0.25, 0.3) is 0 Å². The van der Waals surface area contributed by atoms with E-state index >= 15 is 0 Å². The van der Waals surface area contributed by atoms with Gasteiger partial charge in [-0.1, -0.05) is 0 Å². The summed E-state index contributed by atoms with van der Waals surface area (Å²) in [6, 6.07) is 1.71. The molecule has 0 atom stereocenters. The molecule has 1 aliphatic carbocycles. The molecule has 0 bridgehead atoms. The Hall–Kier alpha value is -0.0400. The normalized spacial score (nSPS) is 32.6. The van der Waals surface area contributed by atoms with Gasteiger partial charge >= 0.3 is 0 Å². The summed E-state index contributed by atoms with van der Waals surface area (Å²) in [5.74, 6) is 0. The van der Waals surface area contributed by atoms with Crippen LogP contribution >= 0.6 is 0 Å². The SMILES string of the molecule is C1CN([C]2CC2)C1. The van der Waals surface area contributed by atoms with E-state index in [-0.39, 0.29) is 0 Å². The predicted molar refractivity (Wildman–Crippen MR) is 28.7 cm³/mol. The number of nitrogens with zero attached hydrogens (tertiary/aromatic N) is 1. The smallest absolute Gasteiger partial charge is 0.0394 e. The highest BCUT2D eigenvalue weighted by molar-refractivity contribution is 5.06. The Kier molecular flexibility index (Phi) is 0.680. The van der Waals surface area contributed by atoms with Crippen LogP contribution in [0.4, 0.5) is 0 Å². The van der Waals surface area contributed by atoms with Crippen LogP contribution in [0.2, 0.25) is 0 Å². The second-order valence-electron chi connectivity index (χ2n) is 2.41. The van der Waals surface area contributed by atoms with Crippen LogP contribution < -0.4 is 0 Å². The lowest BCUT2D eigenvalue weighted by Gasteiger charge is -2.29. The molecule has 39 valence electrons. The summed E-state index contributed by atoms with van der Waals surface area (Å²) in [7, 11) is 0. The van der Waals surface area contributed by atoms with Crippen LogP contribution in [0, 0.1) is 6.04 Å². The van der Waals surface area contributed by atoms with Gasteiger partial charge in [-0.3, -0.25) is 4.90 Å². The van der Waals surface area contributed by atoms with Crippen molar-refractivity contribution in [3.63, 3.8) is 0 Å². The summed E-state index contributed by atoms with van der Waals surface area (Å²) in [4.78, 5) is 2.50. The third-order valence-electron chi connectivity index (χ3n) is 1.78. The molecule has 0 aromatic heterocycles. The van der Waals surface area contributed by atoms with Crippen molar-refractivity contribution in [2.24, 2.45) is 0 Å². The van der Waals surface area contributed by atoms with Gasteiger partial charge in [0.1, 0.15) is 0 Å². The van der Waals surface area contributed by atoms with E-state index in [0.717, 1.165) is 0 Å². The molecule has 1 heterocycles. The summed E-state index contributed by atoms with van der Waals surface area (Å²) in [6.45, 7) is 2.71. The number of likely N-dealkylation sites (tertiary alicyclic amines) is 1. The molecule has 2 fully saturated rings. The molecule has 0 unspecified atom stereocenters. The fourth-order valence-corrected chi connectivity index (χ4v) is 1.00. The molecule has 1 saturated carbocycles. The van der Waals surface area contributed by atoms with Gasteiger partial charge in [0.15, 0.2) is 0 Å². The summed E-state index contributed by atoms with van der Waals surface area (Å²) in [5.41, 5.74) is 0. The zero-order valence-electron chi connectivity index (χ0n) is 4.48. The van der Waals surface area contributed by atoms with Crippen LogP contribution in [0.15, 0.2) is 0 Å². The zero-order chi connectivity index (χ0) is 4.69. The first-order valence-electron chi connectivity index (χ1n) is 3.06. The van der Waals surface area contributed by atoms with Gasteiger partial charge in [0.2, 0.25) is 0 Å². The van der Waals surface area contributed by atoms with Gasteiger partial charge in [-0.25, -0.2) is 0 Å². The maximum Gasteiger partial charge on any atom is 0.0394 e. The van der Waals surface area contributed by atoms with Gasteiger partial charge in [0.05, 0.1) is 0 Å². The average Bonchev–Trinajstić information content (AvgIpc) is 2.10. The van der Waals surface area contributed by atoms with Crippen molar-refractivity contribution < 1.29 is 0 Å². The summed E-state index contributed by atoms with van der Waals surface area (Å²) in [6.07, 6.45) is 4.24. The van der Waals surface area contributed by atoms with E-state index in [0.29, 0.717) is 0 Å². The quantitative estimate of drug-likeness (QED) is 0.471. The van der Waals surface area contributed by atoms with Gasteiger partial charge in [-0.2, -0.15) is 0 Å². The Bertz CT molecular complexity index is 72.2. The van der Waals surface area contributed by atoms with E-state index in [9.17, 15) is 0 Å². The molecule has 0 spiro atoms. The minimum Gasteiger partial charge on any atom is -0.296 e. The molecule has 0 aromatic carbocycles. The molecule has 7 heavy (non-hydrogen) atoms. The maximum absolute atomic E-state index is 2.50. The second-order valence-corrected chi connectivity index (χ2v) is 2.41. The monoisotopic (exact) mass is 96.1 g/mol. The van der Waals surface area contributed by atoms with Crippen molar-refractivity contribution in [2.45, 2.75) is 19.3 Å². The van der Waals surface area contributed by atoms with Crippen molar-refractivity contribution in [1.29, 1.82) is 0 Å². The molecular formula is C6H10N. The molecule has 0 amide bonds. The maximum atomic E-state index is 2.50. The summed E-state index contributed by atoms with van der Waals surface area (Å²) >= 11 is 0. The van der Waals surface area contributed by atoms with Crippen molar-refractivity contribution in [3.8, 4) is 0 Å². The van der Waals surface area contributed by atoms with Crippen LogP contribution in [0.5, 0.6) is 0 Å². The average molecular weight is 96.2 g/mol. The standard InChI is InChI=1S/C6H10N/c1-4-7(5-1)6-2-3-6/h1-5H2. The highest BCUT2D eigenvalue weighted by Gasteiger charge is 2.32. The minimum atomic E-state index is 1.36. The number of hydrogen-bond acceptors (Lipinski definition) is 1. The van der Waals surface area contributed by atoms with Crippen LogP contribution in [0.1, 0.15) is 19.3 Å². The highest BCUT2D eigenvalue weighted by Crippen LogP contribution is 2.38. The van der Waals surface area contributed by atoms with E-state index < -0.39 is 0 Å². The topological polar surface area (TPSA) is 3.24 Å². The zero-order valence-corrected chi connectivity index (χ0v) is 4.48. The summed E-state index contributed by atoms with van der Waals surface area (Å²) in [5, 5.41) is 0. The van der Waals surface area contributed by atoms with E-state index in [1.807, 2.05) is 0 Å². The third kappa shape index (κ3) is 0.556. The van der Waals surface area contributed by atoms with E-state index in [1.54, 1.807) is 6.04 Å². The Morgan fingerprint density at radius 3 is 2.00 bits per heavy atom. The minimum absolute atomic E-state index is 1.36. The van der Waals surface area contributed by atoms with Crippen LogP contribution in [-0.4, -0.2) is 18.0 Å². The largest absolute Gasteiger partial charge is 0.296 e. The van der Waals surface area contributed by atoms with Crippen molar-refractivity contribution >= 4 is 0 Å². The van der Waals surface area contributed by atoms with E-state index in [4.69, 9.17) is 0 Å². The van der Waals surface area contributed by atoms with E-state index in [1.165, 1.54) is 32.4 Å².